The summed E-state index contributed by atoms with van der Waals surface area (Å²) in [5.74, 6) is 0. The zero-order chi connectivity index (χ0) is 24.1. The van der Waals surface area contributed by atoms with Crippen LogP contribution in [-0.4, -0.2) is 4.57 Å². The molecule has 0 spiro atoms. The average Bonchev–Trinajstić information content (AvgIpc) is 3.61. The van der Waals surface area contributed by atoms with E-state index in [-0.39, 0.29) is 0 Å². The molecule has 9 aromatic rings. The number of nitrogens with zero attached hydrogens (tertiary/aromatic N) is 1. The lowest BCUT2D eigenvalue weighted by Gasteiger charge is -2.11. The maximum absolute atomic E-state index is 2.50. The molecule has 0 saturated carbocycles. The Bertz CT molecular complexity index is 2360. The molecular formula is C34H19NS2. The summed E-state index contributed by atoms with van der Waals surface area (Å²) in [4.78, 5) is 0. The van der Waals surface area contributed by atoms with E-state index < -0.39 is 0 Å². The van der Waals surface area contributed by atoms with Crippen molar-refractivity contribution in [2.45, 2.75) is 0 Å². The first-order valence-corrected chi connectivity index (χ1v) is 14.2. The van der Waals surface area contributed by atoms with Gasteiger partial charge >= 0.3 is 0 Å². The van der Waals surface area contributed by atoms with Gasteiger partial charge in [0.15, 0.2) is 0 Å². The molecule has 37 heavy (non-hydrogen) atoms. The fraction of sp³-hybridized carbons (Fsp3) is 0. The molecule has 0 atom stereocenters. The Morgan fingerprint density at radius 2 is 1.08 bits per heavy atom. The zero-order valence-corrected chi connectivity index (χ0v) is 21.4. The minimum Gasteiger partial charge on any atom is -0.309 e. The molecule has 0 aliphatic carbocycles. The van der Waals surface area contributed by atoms with Crippen molar-refractivity contribution >= 4 is 95.6 Å². The van der Waals surface area contributed by atoms with E-state index in [9.17, 15) is 0 Å². The van der Waals surface area contributed by atoms with E-state index in [1.807, 2.05) is 22.7 Å². The van der Waals surface area contributed by atoms with Gasteiger partial charge in [0.25, 0.3) is 0 Å². The minimum absolute atomic E-state index is 1.23. The van der Waals surface area contributed by atoms with Gasteiger partial charge in [-0.2, -0.15) is 0 Å². The van der Waals surface area contributed by atoms with Crippen molar-refractivity contribution in [2.75, 3.05) is 0 Å². The molecule has 0 aliphatic rings. The first-order chi connectivity index (χ1) is 18.4. The Morgan fingerprint density at radius 3 is 1.97 bits per heavy atom. The second kappa shape index (κ2) is 7.19. The van der Waals surface area contributed by atoms with Gasteiger partial charge in [-0.25, -0.2) is 0 Å². The number of benzene rings is 6. The summed E-state index contributed by atoms with van der Waals surface area (Å²) in [6, 6.07) is 42.4. The van der Waals surface area contributed by atoms with E-state index in [1.165, 1.54) is 78.6 Å². The molecule has 0 radical (unpaired) electrons. The third kappa shape index (κ3) is 2.58. The molecule has 0 N–H and O–H groups in total. The number of hydrogen-bond donors (Lipinski definition) is 0. The molecule has 0 unspecified atom stereocenters. The lowest BCUT2D eigenvalue weighted by molar-refractivity contribution is 1.20. The summed E-state index contributed by atoms with van der Waals surface area (Å²) >= 11 is 3.82. The molecule has 0 bridgehead atoms. The van der Waals surface area contributed by atoms with Gasteiger partial charge < -0.3 is 4.57 Å². The monoisotopic (exact) mass is 505 g/mol. The first-order valence-electron chi connectivity index (χ1n) is 12.5. The quantitative estimate of drug-likeness (QED) is 0.209. The molecule has 172 valence electrons. The smallest absolute Gasteiger partial charge is 0.0556 e. The highest BCUT2D eigenvalue weighted by molar-refractivity contribution is 7.27. The van der Waals surface area contributed by atoms with Crippen molar-refractivity contribution in [3.8, 4) is 5.69 Å². The van der Waals surface area contributed by atoms with Crippen molar-refractivity contribution < 1.29 is 0 Å². The molecule has 0 amide bonds. The molecule has 0 saturated heterocycles. The van der Waals surface area contributed by atoms with Gasteiger partial charge in [-0.1, -0.05) is 78.9 Å². The van der Waals surface area contributed by atoms with E-state index in [2.05, 4.69) is 120 Å². The predicted octanol–water partition coefficient (Wildman–Crippen LogP) is 10.7. The summed E-state index contributed by atoms with van der Waals surface area (Å²) in [6.45, 7) is 0. The van der Waals surface area contributed by atoms with E-state index in [0.29, 0.717) is 0 Å². The summed E-state index contributed by atoms with van der Waals surface area (Å²) in [5.41, 5.74) is 3.78. The summed E-state index contributed by atoms with van der Waals surface area (Å²) in [7, 11) is 0. The SMILES string of the molecule is c1ccc2c(-n3c4ccc5c6ccccc6sc5c4c4c5c(ccc43)sc3ccccc35)cccc2c1. The number of thiophene rings is 2. The van der Waals surface area contributed by atoms with Gasteiger partial charge in [-0.3, -0.25) is 0 Å². The topological polar surface area (TPSA) is 4.93 Å². The second-order valence-corrected chi connectivity index (χ2v) is 11.8. The Kier molecular flexibility index (Phi) is 3.88. The number of hydrogen-bond acceptors (Lipinski definition) is 2. The molecular weight excluding hydrogens is 487 g/mol. The standard InChI is InChI=1S/C34H19NS2/c1-2-10-21-20(8-1)9-7-13-25(21)35-26-18-19-30-31(24-12-4-6-15-29(24)36-30)32(26)33-27(35)17-16-23-22-11-3-5-14-28(22)37-34(23)33/h1-19H. The second-order valence-electron chi connectivity index (χ2n) is 9.70. The van der Waals surface area contributed by atoms with Crippen LogP contribution in [0.3, 0.4) is 0 Å². The number of rotatable bonds is 1. The highest BCUT2D eigenvalue weighted by Gasteiger charge is 2.21. The Hall–Kier alpha value is -4.18. The van der Waals surface area contributed by atoms with Crippen molar-refractivity contribution in [3.63, 3.8) is 0 Å². The van der Waals surface area contributed by atoms with Crippen LogP contribution in [0.15, 0.2) is 115 Å². The van der Waals surface area contributed by atoms with Gasteiger partial charge in [0.2, 0.25) is 0 Å². The van der Waals surface area contributed by atoms with E-state index in [0.717, 1.165) is 0 Å². The van der Waals surface area contributed by atoms with Gasteiger partial charge in [0, 0.05) is 56.5 Å². The van der Waals surface area contributed by atoms with Gasteiger partial charge in [0.1, 0.15) is 0 Å². The minimum atomic E-state index is 1.23. The highest BCUT2D eigenvalue weighted by Crippen LogP contribution is 2.48. The van der Waals surface area contributed by atoms with Crippen LogP contribution in [0.5, 0.6) is 0 Å². The number of aromatic nitrogens is 1. The van der Waals surface area contributed by atoms with Crippen LogP contribution in [0.4, 0.5) is 0 Å². The Morgan fingerprint density at radius 1 is 0.405 bits per heavy atom. The molecule has 3 aromatic heterocycles. The Labute approximate surface area is 220 Å². The van der Waals surface area contributed by atoms with Crippen LogP contribution in [-0.2, 0) is 0 Å². The fourth-order valence-corrected chi connectivity index (χ4v) is 8.61. The van der Waals surface area contributed by atoms with Crippen molar-refractivity contribution in [1.29, 1.82) is 0 Å². The first kappa shape index (κ1) is 19.9. The normalized spacial score (nSPS) is 12.3. The van der Waals surface area contributed by atoms with E-state index in [1.54, 1.807) is 0 Å². The summed E-state index contributed by atoms with van der Waals surface area (Å²) < 4.78 is 7.93. The van der Waals surface area contributed by atoms with Crippen LogP contribution in [0.25, 0.3) is 78.6 Å². The lowest BCUT2D eigenvalue weighted by Crippen LogP contribution is -1.95. The summed E-state index contributed by atoms with van der Waals surface area (Å²) in [6.07, 6.45) is 0. The Balaban J connectivity index is 1.60. The van der Waals surface area contributed by atoms with Gasteiger partial charge in [-0.05, 0) is 41.8 Å². The lowest BCUT2D eigenvalue weighted by atomic mass is 10.0. The van der Waals surface area contributed by atoms with Crippen LogP contribution in [0.2, 0.25) is 0 Å². The predicted molar refractivity (Wildman–Crippen MR) is 164 cm³/mol. The third-order valence-corrected chi connectivity index (χ3v) is 10.1. The third-order valence-electron chi connectivity index (χ3n) is 7.79. The summed E-state index contributed by atoms with van der Waals surface area (Å²) in [5, 5.41) is 10.7. The van der Waals surface area contributed by atoms with Crippen molar-refractivity contribution in [1.82, 2.24) is 4.57 Å². The highest BCUT2D eigenvalue weighted by atomic mass is 32.1. The van der Waals surface area contributed by atoms with Crippen LogP contribution < -0.4 is 0 Å². The maximum Gasteiger partial charge on any atom is 0.0556 e. The van der Waals surface area contributed by atoms with E-state index >= 15 is 0 Å². The average molecular weight is 506 g/mol. The van der Waals surface area contributed by atoms with Crippen LogP contribution >= 0.6 is 22.7 Å². The van der Waals surface area contributed by atoms with Crippen molar-refractivity contribution in [3.05, 3.63) is 115 Å². The zero-order valence-electron chi connectivity index (χ0n) is 19.7. The molecule has 0 aliphatic heterocycles. The maximum atomic E-state index is 2.50. The largest absolute Gasteiger partial charge is 0.309 e. The molecule has 3 heterocycles. The van der Waals surface area contributed by atoms with Crippen molar-refractivity contribution in [2.24, 2.45) is 0 Å². The van der Waals surface area contributed by atoms with Gasteiger partial charge in [0.05, 0.1) is 16.7 Å². The van der Waals surface area contributed by atoms with Gasteiger partial charge in [-0.15, -0.1) is 22.7 Å². The fourth-order valence-electron chi connectivity index (χ4n) is 6.24. The number of fused-ring (bicyclic) bond motifs is 12. The van der Waals surface area contributed by atoms with Crippen LogP contribution in [0.1, 0.15) is 0 Å². The molecule has 1 nitrogen and oxygen atoms in total. The van der Waals surface area contributed by atoms with E-state index in [4.69, 9.17) is 0 Å². The molecule has 0 fully saturated rings. The van der Waals surface area contributed by atoms with Crippen LogP contribution in [0, 0.1) is 0 Å². The molecule has 6 aromatic carbocycles. The molecule has 3 heteroatoms. The molecule has 9 rings (SSSR count).